The number of rotatable bonds is 6. The molecule has 1 aromatic carbocycles. The lowest BCUT2D eigenvalue weighted by molar-refractivity contribution is -0.143. The molecule has 2 saturated heterocycles. The molecule has 7 nitrogen and oxygen atoms in total. The first kappa shape index (κ1) is 23.7. The molecule has 0 atom stereocenters. The molecular weight excluding hydrogens is 414 g/mol. The number of aryl methyl sites for hydroxylation is 1. The van der Waals surface area contributed by atoms with Crippen molar-refractivity contribution in [1.29, 1.82) is 0 Å². The third kappa shape index (κ3) is 5.29. The van der Waals surface area contributed by atoms with E-state index in [9.17, 15) is 18.0 Å². The Kier molecular flexibility index (Phi) is 7.75. The Hall–Kier alpha value is -1.93. The highest BCUT2D eigenvalue weighted by atomic mass is 32.2. The number of hydrogen-bond donors (Lipinski definition) is 0. The standard InChI is InChI=1S/C23H35N3O4S/c1-4-24(5-2)22(27)19-10-14-25(15-11-19)23(28)20-12-16-26(17-13-20)31(29,30)21-8-6-18(3)7-9-21/h6-9,19-20H,4-5,10-17H2,1-3H3. The van der Waals surface area contributed by atoms with Gasteiger partial charge in [-0.2, -0.15) is 4.31 Å². The molecule has 0 bridgehead atoms. The summed E-state index contributed by atoms with van der Waals surface area (Å²) in [5, 5.41) is 0. The van der Waals surface area contributed by atoms with Gasteiger partial charge in [-0.3, -0.25) is 9.59 Å². The second kappa shape index (κ2) is 10.1. The highest BCUT2D eigenvalue weighted by Crippen LogP contribution is 2.27. The van der Waals surface area contributed by atoms with E-state index < -0.39 is 10.0 Å². The fourth-order valence-corrected chi connectivity index (χ4v) is 6.07. The van der Waals surface area contributed by atoms with Crippen molar-refractivity contribution in [3.63, 3.8) is 0 Å². The van der Waals surface area contributed by atoms with E-state index >= 15 is 0 Å². The number of likely N-dealkylation sites (tertiary alicyclic amines) is 1. The maximum atomic E-state index is 13.0. The van der Waals surface area contributed by atoms with Crippen LogP contribution in [-0.4, -0.2) is 73.6 Å². The first-order chi connectivity index (χ1) is 14.8. The highest BCUT2D eigenvalue weighted by molar-refractivity contribution is 7.89. The van der Waals surface area contributed by atoms with E-state index in [4.69, 9.17) is 0 Å². The van der Waals surface area contributed by atoms with Crippen LogP contribution in [0.25, 0.3) is 0 Å². The number of carbonyl (C=O) groups is 2. The Morgan fingerprint density at radius 1 is 0.903 bits per heavy atom. The summed E-state index contributed by atoms with van der Waals surface area (Å²) < 4.78 is 27.2. The molecule has 0 aromatic heterocycles. The van der Waals surface area contributed by atoms with Gasteiger partial charge >= 0.3 is 0 Å². The van der Waals surface area contributed by atoms with E-state index in [0.29, 0.717) is 56.8 Å². The van der Waals surface area contributed by atoms with Crippen LogP contribution in [0.2, 0.25) is 0 Å². The lowest BCUT2D eigenvalue weighted by Crippen LogP contribution is -2.48. The van der Waals surface area contributed by atoms with Crippen LogP contribution in [-0.2, 0) is 19.6 Å². The van der Waals surface area contributed by atoms with E-state index in [2.05, 4.69) is 0 Å². The van der Waals surface area contributed by atoms with E-state index in [1.807, 2.05) is 30.6 Å². The molecule has 1 aromatic rings. The minimum atomic E-state index is -3.52. The van der Waals surface area contributed by atoms with Crippen LogP contribution in [0.15, 0.2) is 29.2 Å². The van der Waals surface area contributed by atoms with Gasteiger partial charge in [0.15, 0.2) is 0 Å². The van der Waals surface area contributed by atoms with E-state index in [0.717, 1.165) is 18.7 Å². The predicted molar refractivity (Wildman–Crippen MR) is 120 cm³/mol. The van der Waals surface area contributed by atoms with Crippen molar-refractivity contribution < 1.29 is 18.0 Å². The van der Waals surface area contributed by atoms with Gasteiger partial charge in [-0.15, -0.1) is 0 Å². The predicted octanol–water partition coefficient (Wildman–Crippen LogP) is 2.50. The highest BCUT2D eigenvalue weighted by Gasteiger charge is 2.36. The van der Waals surface area contributed by atoms with Crippen LogP contribution in [0.4, 0.5) is 0 Å². The van der Waals surface area contributed by atoms with Gasteiger partial charge in [-0.1, -0.05) is 17.7 Å². The smallest absolute Gasteiger partial charge is 0.243 e. The van der Waals surface area contributed by atoms with Gasteiger partial charge in [0.2, 0.25) is 21.8 Å². The summed E-state index contributed by atoms with van der Waals surface area (Å²) in [6, 6.07) is 6.90. The van der Waals surface area contributed by atoms with Crippen molar-refractivity contribution in [3.8, 4) is 0 Å². The number of sulfonamides is 1. The van der Waals surface area contributed by atoms with E-state index in [1.54, 1.807) is 24.3 Å². The van der Waals surface area contributed by atoms with Gasteiger partial charge in [-0.25, -0.2) is 8.42 Å². The first-order valence-corrected chi connectivity index (χ1v) is 12.9. The summed E-state index contributed by atoms with van der Waals surface area (Å²) >= 11 is 0. The van der Waals surface area contributed by atoms with Crippen LogP contribution in [0.1, 0.15) is 45.1 Å². The molecule has 2 aliphatic heterocycles. The lowest BCUT2D eigenvalue weighted by Gasteiger charge is -2.37. The Labute approximate surface area is 186 Å². The lowest BCUT2D eigenvalue weighted by atomic mass is 9.92. The average molecular weight is 450 g/mol. The monoisotopic (exact) mass is 449 g/mol. The molecule has 8 heteroatoms. The maximum absolute atomic E-state index is 13.0. The Balaban J connectivity index is 1.52. The van der Waals surface area contributed by atoms with Gasteiger partial charge in [0.1, 0.15) is 0 Å². The number of nitrogens with zero attached hydrogens (tertiary/aromatic N) is 3. The zero-order chi connectivity index (χ0) is 22.6. The van der Waals surface area contributed by atoms with Crippen LogP contribution in [0.3, 0.4) is 0 Å². The normalized spacial score (nSPS) is 19.4. The third-order valence-corrected chi connectivity index (χ3v) is 8.61. The number of benzene rings is 1. The molecule has 2 fully saturated rings. The summed E-state index contributed by atoms with van der Waals surface area (Å²) in [5.74, 6) is 0.179. The summed E-state index contributed by atoms with van der Waals surface area (Å²) in [6.07, 6.45) is 2.51. The molecule has 0 radical (unpaired) electrons. The Bertz CT molecular complexity index is 865. The number of hydrogen-bond acceptors (Lipinski definition) is 4. The molecule has 3 rings (SSSR count). The van der Waals surface area contributed by atoms with Crippen molar-refractivity contribution in [3.05, 3.63) is 29.8 Å². The molecule has 0 unspecified atom stereocenters. The molecule has 172 valence electrons. The molecule has 2 heterocycles. The second-order valence-corrected chi connectivity index (χ2v) is 10.5. The number of amides is 2. The molecule has 2 aliphatic rings. The SMILES string of the molecule is CCN(CC)C(=O)C1CCN(C(=O)C2CCN(S(=O)(=O)c3ccc(C)cc3)CC2)CC1. The molecular formula is C23H35N3O4S. The molecule has 0 spiro atoms. The first-order valence-electron chi connectivity index (χ1n) is 11.4. The largest absolute Gasteiger partial charge is 0.343 e. The van der Waals surface area contributed by atoms with Crippen LogP contribution < -0.4 is 0 Å². The van der Waals surface area contributed by atoms with E-state index in [1.165, 1.54) is 4.31 Å². The summed E-state index contributed by atoms with van der Waals surface area (Å²) in [7, 11) is -3.52. The molecule has 0 aliphatic carbocycles. The fraction of sp³-hybridized carbons (Fsp3) is 0.652. The van der Waals surface area contributed by atoms with Gasteiger partial charge in [0.25, 0.3) is 0 Å². The zero-order valence-electron chi connectivity index (χ0n) is 18.9. The van der Waals surface area contributed by atoms with Crippen LogP contribution in [0, 0.1) is 18.8 Å². The quantitative estimate of drug-likeness (QED) is 0.669. The van der Waals surface area contributed by atoms with Gasteiger partial charge in [0, 0.05) is 51.1 Å². The summed E-state index contributed by atoms with van der Waals surface area (Å²) in [5.41, 5.74) is 1.02. The van der Waals surface area contributed by atoms with Crippen molar-refractivity contribution in [2.24, 2.45) is 11.8 Å². The number of piperidine rings is 2. The second-order valence-electron chi connectivity index (χ2n) is 8.60. The van der Waals surface area contributed by atoms with Gasteiger partial charge < -0.3 is 9.80 Å². The van der Waals surface area contributed by atoms with Crippen molar-refractivity contribution in [2.75, 3.05) is 39.3 Å². The Morgan fingerprint density at radius 3 is 1.94 bits per heavy atom. The molecule has 0 saturated carbocycles. The summed E-state index contributed by atoms with van der Waals surface area (Å²) in [4.78, 5) is 29.6. The maximum Gasteiger partial charge on any atom is 0.243 e. The van der Waals surface area contributed by atoms with Crippen molar-refractivity contribution >= 4 is 21.8 Å². The minimum absolute atomic E-state index is 0.00505. The third-order valence-electron chi connectivity index (χ3n) is 6.69. The fourth-order valence-electron chi connectivity index (χ4n) is 4.60. The molecule has 2 amide bonds. The van der Waals surface area contributed by atoms with E-state index in [-0.39, 0.29) is 23.7 Å². The molecule has 0 N–H and O–H groups in total. The minimum Gasteiger partial charge on any atom is -0.343 e. The van der Waals surface area contributed by atoms with Crippen LogP contribution in [0.5, 0.6) is 0 Å². The average Bonchev–Trinajstić information content (AvgIpc) is 2.80. The van der Waals surface area contributed by atoms with Crippen LogP contribution >= 0.6 is 0 Å². The zero-order valence-corrected chi connectivity index (χ0v) is 19.7. The number of carbonyl (C=O) groups excluding carboxylic acids is 2. The van der Waals surface area contributed by atoms with Gasteiger partial charge in [0.05, 0.1) is 4.90 Å². The topological polar surface area (TPSA) is 78.0 Å². The van der Waals surface area contributed by atoms with Crippen molar-refractivity contribution in [2.45, 2.75) is 51.3 Å². The Morgan fingerprint density at radius 2 is 1.42 bits per heavy atom. The summed E-state index contributed by atoms with van der Waals surface area (Å²) in [6.45, 7) is 9.30. The van der Waals surface area contributed by atoms with Crippen molar-refractivity contribution in [1.82, 2.24) is 14.1 Å². The van der Waals surface area contributed by atoms with Gasteiger partial charge in [-0.05, 0) is 58.6 Å². The molecule has 31 heavy (non-hydrogen) atoms.